The molecular weight excluding hydrogens is 228 g/mol. The van der Waals surface area contributed by atoms with E-state index in [1.165, 1.54) is 0 Å². The maximum atomic E-state index is 12.1. The third kappa shape index (κ3) is 4.14. The number of imidazole rings is 1. The van der Waals surface area contributed by atoms with Gasteiger partial charge in [0.25, 0.3) is 0 Å². The number of rotatable bonds is 7. The highest BCUT2D eigenvalue weighted by molar-refractivity contribution is 5.79. The average molecular weight is 252 g/mol. The van der Waals surface area contributed by atoms with Crippen molar-refractivity contribution >= 4 is 5.91 Å². The van der Waals surface area contributed by atoms with Gasteiger partial charge in [0, 0.05) is 18.9 Å². The van der Waals surface area contributed by atoms with Crippen LogP contribution in [0.3, 0.4) is 0 Å². The first-order valence-electron chi connectivity index (χ1n) is 6.58. The summed E-state index contributed by atoms with van der Waals surface area (Å²) in [5.74, 6) is 1.17. The van der Waals surface area contributed by atoms with Crippen LogP contribution in [-0.2, 0) is 4.79 Å². The molecule has 0 aliphatic rings. The zero-order valence-corrected chi connectivity index (χ0v) is 11.4. The minimum atomic E-state index is -0.117. The number of nitrogens with zero attached hydrogens (tertiary/aromatic N) is 1. The lowest BCUT2D eigenvalue weighted by molar-refractivity contribution is -0.126. The lowest BCUT2D eigenvalue weighted by Gasteiger charge is -2.21. The molecule has 0 aliphatic carbocycles. The summed E-state index contributed by atoms with van der Waals surface area (Å²) in [6.45, 7) is 6.60. The molecule has 0 spiro atoms. The van der Waals surface area contributed by atoms with Crippen LogP contribution in [0.15, 0.2) is 12.4 Å². The SMILES string of the molecule is CCC(NC(=O)C(CN)CC(C)C)c1ncc[nH]1. The fourth-order valence-electron chi connectivity index (χ4n) is 2.00. The fourth-order valence-corrected chi connectivity index (χ4v) is 2.00. The first kappa shape index (κ1) is 14.7. The third-order valence-corrected chi connectivity index (χ3v) is 2.99. The second kappa shape index (κ2) is 7.16. The molecule has 0 radical (unpaired) electrons. The van der Waals surface area contributed by atoms with E-state index >= 15 is 0 Å². The molecule has 18 heavy (non-hydrogen) atoms. The smallest absolute Gasteiger partial charge is 0.224 e. The highest BCUT2D eigenvalue weighted by Crippen LogP contribution is 2.15. The lowest BCUT2D eigenvalue weighted by Crippen LogP contribution is -2.38. The van der Waals surface area contributed by atoms with Gasteiger partial charge in [-0.2, -0.15) is 0 Å². The van der Waals surface area contributed by atoms with E-state index in [9.17, 15) is 4.79 Å². The van der Waals surface area contributed by atoms with Gasteiger partial charge in [-0.3, -0.25) is 4.79 Å². The summed E-state index contributed by atoms with van der Waals surface area (Å²) in [7, 11) is 0. The highest BCUT2D eigenvalue weighted by Gasteiger charge is 2.22. The van der Waals surface area contributed by atoms with Gasteiger partial charge in [-0.1, -0.05) is 20.8 Å². The van der Waals surface area contributed by atoms with E-state index in [0.717, 1.165) is 18.7 Å². The Balaban J connectivity index is 2.61. The molecule has 1 aromatic heterocycles. The number of carbonyl (C=O) groups is 1. The van der Waals surface area contributed by atoms with Gasteiger partial charge in [0.1, 0.15) is 5.82 Å². The van der Waals surface area contributed by atoms with Crippen LogP contribution in [0.25, 0.3) is 0 Å². The van der Waals surface area contributed by atoms with Crippen LogP contribution >= 0.6 is 0 Å². The maximum Gasteiger partial charge on any atom is 0.224 e. The average Bonchev–Trinajstić information content (AvgIpc) is 2.85. The second-order valence-corrected chi connectivity index (χ2v) is 5.01. The van der Waals surface area contributed by atoms with Crippen molar-refractivity contribution in [1.82, 2.24) is 15.3 Å². The van der Waals surface area contributed by atoms with Crippen LogP contribution in [0.2, 0.25) is 0 Å². The van der Waals surface area contributed by atoms with Gasteiger partial charge in [0.05, 0.1) is 12.0 Å². The Kier molecular flexibility index (Phi) is 5.85. The van der Waals surface area contributed by atoms with Crippen molar-refractivity contribution < 1.29 is 4.79 Å². The van der Waals surface area contributed by atoms with Crippen LogP contribution < -0.4 is 11.1 Å². The summed E-state index contributed by atoms with van der Waals surface area (Å²) in [6.07, 6.45) is 5.08. The number of hydrogen-bond acceptors (Lipinski definition) is 3. The molecule has 4 N–H and O–H groups in total. The van der Waals surface area contributed by atoms with Crippen molar-refractivity contribution in [2.75, 3.05) is 6.54 Å². The van der Waals surface area contributed by atoms with Gasteiger partial charge in [-0.15, -0.1) is 0 Å². The maximum absolute atomic E-state index is 12.1. The number of H-pyrrole nitrogens is 1. The third-order valence-electron chi connectivity index (χ3n) is 2.99. The van der Waals surface area contributed by atoms with Crippen LogP contribution in [0.5, 0.6) is 0 Å². The second-order valence-electron chi connectivity index (χ2n) is 5.01. The van der Waals surface area contributed by atoms with E-state index in [2.05, 4.69) is 29.1 Å². The van der Waals surface area contributed by atoms with Crippen LogP contribution in [0, 0.1) is 11.8 Å². The number of aromatic nitrogens is 2. The number of aromatic amines is 1. The minimum Gasteiger partial charge on any atom is -0.347 e. The quantitative estimate of drug-likeness (QED) is 0.689. The Bertz CT molecular complexity index is 348. The van der Waals surface area contributed by atoms with E-state index in [1.807, 2.05) is 6.92 Å². The largest absolute Gasteiger partial charge is 0.347 e. The Morgan fingerprint density at radius 1 is 1.56 bits per heavy atom. The molecule has 0 fully saturated rings. The summed E-state index contributed by atoms with van der Waals surface area (Å²) in [4.78, 5) is 19.4. The topological polar surface area (TPSA) is 83.8 Å². The molecule has 102 valence electrons. The highest BCUT2D eigenvalue weighted by atomic mass is 16.2. The van der Waals surface area contributed by atoms with E-state index in [4.69, 9.17) is 5.73 Å². The first-order valence-corrected chi connectivity index (χ1v) is 6.58. The van der Waals surface area contributed by atoms with Crippen molar-refractivity contribution in [1.29, 1.82) is 0 Å². The number of hydrogen-bond donors (Lipinski definition) is 3. The number of carbonyl (C=O) groups excluding carboxylic acids is 1. The summed E-state index contributed by atoms with van der Waals surface area (Å²) >= 11 is 0. The first-order chi connectivity index (χ1) is 8.58. The molecule has 1 heterocycles. The van der Waals surface area contributed by atoms with Gasteiger partial charge >= 0.3 is 0 Å². The van der Waals surface area contributed by atoms with Gasteiger partial charge in [0.15, 0.2) is 0 Å². The molecule has 1 aromatic rings. The van der Waals surface area contributed by atoms with Crippen LogP contribution in [0.1, 0.15) is 45.5 Å². The predicted octanol–water partition coefficient (Wildman–Crippen LogP) is 1.60. The van der Waals surface area contributed by atoms with Crippen molar-refractivity contribution in [2.45, 2.75) is 39.7 Å². The van der Waals surface area contributed by atoms with Crippen molar-refractivity contribution in [3.8, 4) is 0 Å². The molecule has 5 nitrogen and oxygen atoms in total. The van der Waals surface area contributed by atoms with E-state index in [0.29, 0.717) is 12.5 Å². The molecule has 0 aromatic carbocycles. The van der Waals surface area contributed by atoms with Crippen LogP contribution in [-0.4, -0.2) is 22.4 Å². The fraction of sp³-hybridized carbons (Fsp3) is 0.692. The lowest BCUT2D eigenvalue weighted by atomic mass is 9.96. The zero-order chi connectivity index (χ0) is 13.5. The molecule has 0 saturated carbocycles. The van der Waals surface area contributed by atoms with E-state index in [1.54, 1.807) is 12.4 Å². The zero-order valence-electron chi connectivity index (χ0n) is 11.4. The normalized spacial score (nSPS) is 14.5. The van der Waals surface area contributed by atoms with Crippen molar-refractivity contribution in [2.24, 2.45) is 17.6 Å². The van der Waals surface area contributed by atoms with Gasteiger partial charge in [0.2, 0.25) is 5.91 Å². The summed E-state index contributed by atoms with van der Waals surface area (Å²) in [5.41, 5.74) is 5.67. The molecule has 0 bridgehead atoms. The van der Waals surface area contributed by atoms with Gasteiger partial charge in [-0.05, 0) is 18.8 Å². The Morgan fingerprint density at radius 2 is 2.28 bits per heavy atom. The molecule has 0 aliphatic heterocycles. The minimum absolute atomic E-state index is 0.0226. The molecule has 0 saturated heterocycles. The predicted molar refractivity (Wildman–Crippen MR) is 71.8 cm³/mol. The number of amides is 1. The number of nitrogens with two attached hydrogens (primary N) is 1. The van der Waals surface area contributed by atoms with Crippen molar-refractivity contribution in [3.05, 3.63) is 18.2 Å². The molecule has 1 rings (SSSR count). The number of nitrogens with one attached hydrogen (secondary N) is 2. The molecule has 5 heteroatoms. The molecule has 2 unspecified atom stereocenters. The summed E-state index contributed by atoms with van der Waals surface area (Å²) in [5, 5.41) is 3.01. The molecule has 1 amide bonds. The molecule has 2 atom stereocenters. The van der Waals surface area contributed by atoms with E-state index < -0.39 is 0 Å². The summed E-state index contributed by atoms with van der Waals surface area (Å²) < 4.78 is 0. The van der Waals surface area contributed by atoms with Gasteiger partial charge in [-0.25, -0.2) is 4.98 Å². The Morgan fingerprint density at radius 3 is 2.72 bits per heavy atom. The van der Waals surface area contributed by atoms with Crippen molar-refractivity contribution in [3.63, 3.8) is 0 Å². The molecular formula is C13H24N4O. The van der Waals surface area contributed by atoms with Gasteiger partial charge < -0.3 is 16.0 Å². The Hall–Kier alpha value is -1.36. The standard InChI is InChI=1S/C13H24N4O/c1-4-11(12-15-5-6-16-12)17-13(18)10(8-14)7-9(2)3/h5-6,9-11H,4,7-8,14H2,1-3H3,(H,15,16)(H,17,18). The Labute approximate surface area is 109 Å². The monoisotopic (exact) mass is 252 g/mol. The van der Waals surface area contributed by atoms with E-state index in [-0.39, 0.29) is 17.9 Å². The van der Waals surface area contributed by atoms with Crippen LogP contribution in [0.4, 0.5) is 0 Å². The summed E-state index contributed by atoms with van der Waals surface area (Å²) in [6, 6.07) is -0.0614.